The molecule has 1 aromatic carbocycles. The van der Waals surface area contributed by atoms with Crippen molar-refractivity contribution in [2.75, 3.05) is 12.3 Å². The summed E-state index contributed by atoms with van der Waals surface area (Å²) in [5, 5.41) is 0. The number of hydrogen-bond donors (Lipinski definition) is 1. The van der Waals surface area contributed by atoms with E-state index in [2.05, 4.69) is 32.9 Å². The number of carbonyl (C=O) groups excluding carboxylic acids is 1. The fourth-order valence-electron chi connectivity index (χ4n) is 2.66. The van der Waals surface area contributed by atoms with Gasteiger partial charge >= 0.3 is 11.9 Å². The van der Waals surface area contributed by atoms with Crippen LogP contribution in [0.15, 0.2) is 24.5 Å². The number of aromatic nitrogens is 2. The normalized spacial score (nSPS) is 10.7. The Hall–Kier alpha value is -2.30. The maximum Gasteiger partial charge on any atom is 0.360 e. The molecule has 1 aromatic heterocycles. The van der Waals surface area contributed by atoms with E-state index in [4.69, 9.17) is 10.5 Å². The second kappa shape index (κ2) is 5.99. The highest BCUT2D eigenvalue weighted by atomic mass is 16.5. The zero-order valence-electron chi connectivity index (χ0n) is 13.0. The van der Waals surface area contributed by atoms with Crippen molar-refractivity contribution >= 4 is 11.9 Å². The van der Waals surface area contributed by atoms with Gasteiger partial charge in [-0.15, -0.1) is 0 Å². The lowest BCUT2D eigenvalue weighted by atomic mass is 10.1. The van der Waals surface area contributed by atoms with Crippen molar-refractivity contribution in [3.8, 4) is 5.69 Å². The van der Waals surface area contributed by atoms with E-state index < -0.39 is 0 Å². The van der Waals surface area contributed by atoms with Gasteiger partial charge in [0.25, 0.3) is 0 Å². The third kappa shape index (κ3) is 3.07. The molecule has 2 rings (SSSR count). The molecule has 0 aliphatic heterocycles. The molecule has 0 amide bonds. The van der Waals surface area contributed by atoms with Gasteiger partial charge in [-0.3, -0.25) is 5.73 Å². The van der Waals surface area contributed by atoms with E-state index in [9.17, 15) is 4.79 Å². The summed E-state index contributed by atoms with van der Waals surface area (Å²) in [6.07, 6.45) is 3.67. The number of benzene rings is 1. The zero-order chi connectivity index (χ0) is 15.6. The van der Waals surface area contributed by atoms with E-state index >= 15 is 0 Å². The molecule has 112 valence electrons. The summed E-state index contributed by atoms with van der Waals surface area (Å²) in [7, 11) is 0. The van der Waals surface area contributed by atoms with Crippen LogP contribution in [0, 0.1) is 20.8 Å². The van der Waals surface area contributed by atoms with Crippen LogP contribution in [0.5, 0.6) is 0 Å². The quantitative estimate of drug-likeness (QED) is 0.690. The number of imidazole rings is 1. The van der Waals surface area contributed by atoms with Crippen LogP contribution in [0.1, 0.15) is 23.6 Å². The maximum atomic E-state index is 11.6. The number of rotatable bonds is 4. The summed E-state index contributed by atoms with van der Waals surface area (Å²) in [4.78, 5) is 11.6. The fourth-order valence-corrected chi connectivity index (χ4v) is 2.66. The van der Waals surface area contributed by atoms with Crippen LogP contribution >= 0.6 is 0 Å². The van der Waals surface area contributed by atoms with Gasteiger partial charge < -0.3 is 4.74 Å². The number of esters is 1. The summed E-state index contributed by atoms with van der Waals surface area (Å²) in [6.45, 7) is 8.47. The molecular weight excluding hydrogens is 266 g/mol. The van der Waals surface area contributed by atoms with E-state index in [-0.39, 0.29) is 12.5 Å². The van der Waals surface area contributed by atoms with E-state index in [1.165, 1.54) is 5.56 Å². The fraction of sp³-hybridized carbons (Fsp3) is 0.375. The number of nitrogen functional groups attached to an aromatic ring is 1. The molecular formula is C16H22N3O2+. The van der Waals surface area contributed by atoms with Crippen LogP contribution in [0.3, 0.4) is 0 Å². The molecule has 0 saturated heterocycles. The average molecular weight is 288 g/mol. The average Bonchev–Trinajstić information content (AvgIpc) is 2.71. The second-order valence-electron chi connectivity index (χ2n) is 5.21. The molecule has 0 radical (unpaired) electrons. The molecule has 0 fully saturated rings. The lowest BCUT2D eigenvalue weighted by Gasteiger charge is -2.09. The Kier molecular flexibility index (Phi) is 4.31. The van der Waals surface area contributed by atoms with Gasteiger partial charge in [0.1, 0.15) is 11.9 Å². The summed E-state index contributed by atoms with van der Waals surface area (Å²) in [5.41, 5.74) is 10.8. The van der Waals surface area contributed by atoms with E-state index in [0.29, 0.717) is 12.6 Å². The zero-order valence-corrected chi connectivity index (χ0v) is 13.0. The van der Waals surface area contributed by atoms with Crippen LogP contribution in [0.4, 0.5) is 5.95 Å². The molecule has 21 heavy (non-hydrogen) atoms. The van der Waals surface area contributed by atoms with Gasteiger partial charge in [0.2, 0.25) is 0 Å². The van der Waals surface area contributed by atoms with E-state index in [1.54, 1.807) is 17.7 Å². The highest BCUT2D eigenvalue weighted by Gasteiger charge is 2.19. The Bertz CT molecular complexity index is 651. The lowest BCUT2D eigenvalue weighted by Crippen LogP contribution is -2.40. The Balaban J connectivity index is 2.39. The number of aryl methyl sites for hydroxylation is 3. The first-order chi connectivity index (χ1) is 9.93. The molecule has 5 heteroatoms. The predicted octanol–water partition coefficient (Wildman–Crippen LogP) is 1.84. The summed E-state index contributed by atoms with van der Waals surface area (Å²) in [6, 6.07) is 4.24. The summed E-state index contributed by atoms with van der Waals surface area (Å²) < 4.78 is 8.55. The summed E-state index contributed by atoms with van der Waals surface area (Å²) >= 11 is 0. The third-order valence-electron chi connectivity index (χ3n) is 3.42. The van der Waals surface area contributed by atoms with Gasteiger partial charge in [-0.1, -0.05) is 17.7 Å². The number of ether oxygens (including phenoxy) is 1. The highest BCUT2D eigenvalue weighted by molar-refractivity contribution is 5.67. The standard InChI is InChI=1S/C16H21N3O2/c1-5-21-14(20)10-18-6-7-19(16(18)17)15-12(3)8-11(2)9-13(15)4/h6-9,17H,5,10H2,1-4H3/p+1. The van der Waals surface area contributed by atoms with Crippen LogP contribution < -0.4 is 10.3 Å². The Morgan fingerprint density at radius 1 is 1.29 bits per heavy atom. The minimum absolute atomic E-state index is 0.122. The minimum atomic E-state index is -0.288. The monoisotopic (exact) mass is 288 g/mol. The van der Waals surface area contributed by atoms with Gasteiger partial charge in [0.05, 0.1) is 12.8 Å². The largest absolute Gasteiger partial charge is 0.464 e. The molecule has 2 aromatic rings. The molecule has 2 N–H and O–H groups in total. The molecule has 0 saturated carbocycles. The third-order valence-corrected chi connectivity index (χ3v) is 3.42. The van der Waals surface area contributed by atoms with Crippen molar-refractivity contribution in [3.63, 3.8) is 0 Å². The number of hydrogen-bond acceptors (Lipinski definition) is 3. The first-order valence-corrected chi connectivity index (χ1v) is 7.04. The molecule has 0 atom stereocenters. The lowest BCUT2D eigenvalue weighted by molar-refractivity contribution is -0.670. The van der Waals surface area contributed by atoms with Crippen LogP contribution in [0.2, 0.25) is 0 Å². The van der Waals surface area contributed by atoms with Crippen molar-refractivity contribution in [1.29, 1.82) is 0 Å². The smallest absolute Gasteiger partial charge is 0.360 e. The highest BCUT2D eigenvalue weighted by Crippen LogP contribution is 2.22. The van der Waals surface area contributed by atoms with Crippen molar-refractivity contribution in [3.05, 3.63) is 41.2 Å². The van der Waals surface area contributed by atoms with Crippen molar-refractivity contribution in [2.45, 2.75) is 34.2 Å². The molecule has 0 aliphatic carbocycles. The van der Waals surface area contributed by atoms with Gasteiger partial charge in [-0.2, -0.15) is 0 Å². The first kappa shape index (κ1) is 15.1. The number of carbonyl (C=O) groups is 1. The van der Waals surface area contributed by atoms with Crippen molar-refractivity contribution < 1.29 is 14.1 Å². The second-order valence-corrected chi connectivity index (χ2v) is 5.21. The molecule has 0 bridgehead atoms. The van der Waals surface area contributed by atoms with Crippen LogP contribution in [-0.4, -0.2) is 17.1 Å². The van der Waals surface area contributed by atoms with Gasteiger partial charge in [-0.25, -0.2) is 13.9 Å². The molecule has 0 spiro atoms. The Labute approximate surface area is 125 Å². The first-order valence-electron chi connectivity index (χ1n) is 7.04. The topological polar surface area (TPSA) is 61.1 Å². The van der Waals surface area contributed by atoms with Crippen molar-refractivity contribution in [2.24, 2.45) is 0 Å². The van der Waals surface area contributed by atoms with Gasteiger partial charge in [0, 0.05) is 0 Å². The molecule has 0 unspecified atom stereocenters. The van der Waals surface area contributed by atoms with Gasteiger partial charge in [0.15, 0.2) is 6.54 Å². The SMILES string of the molecule is CCOC(=O)C[n+]1ccn(-c2c(C)cc(C)cc2C)c1N. The number of nitrogens with zero attached hydrogens (tertiary/aromatic N) is 2. The molecule has 0 aliphatic rings. The van der Waals surface area contributed by atoms with E-state index in [1.807, 2.05) is 10.8 Å². The summed E-state index contributed by atoms with van der Waals surface area (Å²) in [5.74, 6) is 0.224. The maximum absolute atomic E-state index is 11.6. The molecule has 1 heterocycles. The number of nitrogens with two attached hydrogens (primary N) is 1. The van der Waals surface area contributed by atoms with Gasteiger partial charge in [-0.05, 0) is 38.8 Å². The van der Waals surface area contributed by atoms with Crippen LogP contribution in [0.25, 0.3) is 5.69 Å². The molecule has 5 nitrogen and oxygen atoms in total. The Morgan fingerprint density at radius 2 is 1.90 bits per heavy atom. The Morgan fingerprint density at radius 3 is 2.48 bits per heavy atom. The minimum Gasteiger partial charge on any atom is -0.464 e. The predicted molar refractivity (Wildman–Crippen MR) is 81.2 cm³/mol. The van der Waals surface area contributed by atoms with Crippen LogP contribution in [-0.2, 0) is 16.1 Å². The van der Waals surface area contributed by atoms with Crippen molar-refractivity contribution in [1.82, 2.24) is 4.57 Å². The van der Waals surface area contributed by atoms with E-state index in [0.717, 1.165) is 16.8 Å². The number of anilines is 1.